The Morgan fingerprint density at radius 2 is 1.95 bits per heavy atom. The Labute approximate surface area is 129 Å². The summed E-state index contributed by atoms with van der Waals surface area (Å²) >= 11 is 5.11. The molecule has 0 amide bonds. The van der Waals surface area contributed by atoms with Gasteiger partial charge in [0.05, 0.1) is 7.11 Å². The monoisotopic (exact) mass is 348 g/mol. The predicted octanol–water partition coefficient (Wildman–Crippen LogP) is 4.75. The second-order valence-corrected chi connectivity index (χ2v) is 6.45. The predicted molar refractivity (Wildman–Crippen MR) is 86.6 cm³/mol. The molecule has 20 heavy (non-hydrogen) atoms. The Balaban J connectivity index is 2.01. The molecule has 0 aliphatic rings. The summed E-state index contributed by atoms with van der Waals surface area (Å²) < 4.78 is 7.21. The average molecular weight is 349 g/mol. The van der Waals surface area contributed by atoms with E-state index in [1.165, 1.54) is 4.70 Å². The van der Waals surface area contributed by atoms with E-state index in [4.69, 9.17) is 4.74 Å². The van der Waals surface area contributed by atoms with Crippen molar-refractivity contribution in [1.29, 1.82) is 0 Å². The average Bonchev–Trinajstić information content (AvgIpc) is 2.90. The van der Waals surface area contributed by atoms with E-state index in [1.807, 2.05) is 36.4 Å². The van der Waals surface area contributed by atoms with Crippen molar-refractivity contribution >= 4 is 37.4 Å². The van der Waals surface area contributed by atoms with Crippen molar-refractivity contribution in [2.75, 3.05) is 7.11 Å². The van der Waals surface area contributed by atoms with Crippen molar-refractivity contribution in [1.82, 2.24) is 0 Å². The van der Waals surface area contributed by atoms with Gasteiger partial charge in [-0.15, -0.1) is 11.3 Å². The normalized spacial score (nSPS) is 12.6. The van der Waals surface area contributed by atoms with E-state index in [0.717, 1.165) is 26.0 Å². The Kier molecular flexibility index (Phi) is 3.78. The van der Waals surface area contributed by atoms with E-state index in [0.29, 0.717) is 0 Å². The van der Waals surface area contributed by atoms with E-state index in [9.17, 15) is 5.11 Å². The SMILES string of the molecule is COc1ccc(C(O)c2cc3ccccc3s2)c(Br)c1. The number of halogens is 1. The number of thiophene rings is 1. The highest BCUT2D eigenvalue weighted by atomic mass is 79.9. The summed E-state index contributed by atoms with van der Waals surface area (Å²) in [5.74, 6) is 0.768. The molecular formula is C16H13BrO2S. The molecule has 1 aromatic heterocycles. The van der Waals surface area contributed by atoms with Crippen LogP contribution in [-0.4, -0.2) is 12.2 Å². The van der Waals surface area contributed by atoms with Gasteiger partial charge in [-0.05, 0) is 29.7 Å². The van der Waals surface area contributed by atoms with Crippen molar-refractivity contribution < 1.29 is 9.84 Å². The van der Waals surface area contributed by atoms with Gasteiger partial charge in [-0.3, -0.25) is 0 Å². The minimum Gasteiger partial charge on any atom is -0.497 e. The number of hydrogen-bond acceptors (Lipinski definition) is 3. The van der Waals surface area contributed by atoms with Crippen molar-refractivity contribution in [2.24, 2.45) is 0 Å². The second kappa shape index (κ2) is 5.56. The van der Waals surface area contributed by atoms with Gasteiger partial charge in [0.15, 0.2) is 0 Å². The zero-order chi connectivity index (χ0) is 14.1. The molecule has 0 aliphatic carbocycles. The smallest absolute Gasteiger partial charge is 0.120 e. The quantitative estimate of drug-likeness (QED) is 0.739. The summed E-state index contributed by atoms with van der Waals surface area (Å²) in [6, 6.07) is 15.8. The molecule has 0 saturated heterocycles. The maximum atomic E-state index is 10.6. The first-order valence-corrected chi connectivity index (χ1v) is 7.80. The molecule has 0 fully saturated rings. The van der Waals surface area contributed by atoms with Crippen LogP contribution in [0.4, 0.5) is 0 Å². The standard InChI is InChI=1S/C16H13BrO2S/c1-19-11-6-7-12(13(17)9-11)16(18)15-8-10-4-2-3-5-14(10)20-15/h2-9,16,18H,1H3. The molecule has 2 nitrogen and oxygen atoms in total. The number of aliphatic hydroxyl groups excluding tert-OH is 1. The Morgan fingerprint density at radius 1 is 1.15 bits per heavy atom. The van der Waals surface area contributed by atoms with Crippen LogP contribution < -0.4 is 4.74 Å². The zero-order valence-corrected chi connectivity index (χ0v) is 13.2. The topological polar surface area (TPSA) is 29.5 Å². The molecule has 1 unspecified atom stereocenters. The van der Waals surface area contributed by atoms with Gasteiger partial charge in [-0.25, -0.2) is 0 Å². The second-order valence-electron chi connectivity index (χ2n) is 4.48. The molecule has 1 atom stereocenters. The van der Waals surface area contributed by atoms with Crippen molar-refractivity contribution in [3.8, 4) is 5.75 Å². The molecule has 0 aliphatic heterocycles. The van der Waals surface area contributed by atoms with Gasteiger partial charge in [-0.1, -0.05) is 40.2 Å². The Morgan fingerprint density at radius 3 is 2.65 bits per heavy atom. The highest BCUT2D eigenvalue weighted by Gasteiger charge is 2.16. The van der Waals surface area contributed by atoms with Crippen LogP contribution in [0.3, 0.4) is 0 Å². The number of methoxy groups -OCH3 is 1. The molecule has 0 bridgehead atoms. The highest BCUT2D eigenvalue weighted by Crippen LogP contribution is 2.36. The summed E-state index contributed by atoms with van der Waals surface area (Å²) in [5, 5.41) is 11.7. The van der Waals surface area contributed by atoms with Gasteiger partial charge < -0.3 is 9.84 Å². The summed E-state index contributed by atoms with van der Waals surface area (Å²) in [5.41, 5.74) is 0.845. The lowest BCUT2D eigenvalue weighted by Gasteiger charge is -2.12. The number of benzene rings is 2. The summed E-state index contributed by atoms with van der Waals surface area (Å²) in [6.07, 6.45) is -0.632. The highest BCUT2D eigenvalue weighted by molar-refractivity contribution is 9.10. The minimum absolute atomic E-state index is 0.632. The van der Waals surface area contributed by atoms with Crippen LogP contribution >= 0.6 is 27.3 Å². The molecule has 0 spiro atoms. The first-order chi connectivity index (χ1) is 9.69. The van der Waals surface area contributed by atoms with E-state index < -0.39 is 6.10 Å². The fourth-order valence-electron chi connectivity index (χ4n) is 2.15. The molecule has 3 aromatic rings. The molecule has 102 valence electrons. The lowest BCUT2D eigenvalue weighted by molar-refractivity contribution is 0.223. The molecular weight excluding hydrogens is 336 g/mol. The van der Waals surface area contributed by atoms with Crippen LogP contribution in [-0.2, 0) is 0 Å². The van der Waals surface area contributed by atoms with Crippen molar-refractivity contribution in [3.05, 3.63) is 63.4 Å². The number of fused-ring (bicyclic) bond motifs is 1. The third-order valence-electron chi connectivity index (χ3n) is 3.22. The van der Waals surface area contributed by atoms with Gasteiger partial charge in [0.2, 0.25) is 0 Å². The maximum absolute atomic E-state index is 10.6. The van der Waals surface area contributed by atoms with Crippen LogP contribution in [0.2, 0.25) is 0 Å². The van der Waals surface area contributed by atoms with E-state index in [1.54, 1.807) is 18.4 Å². The fourth-order valence-corrected chi connectivity index (χ4v) is 3.79. The van der Waals surface area contributed by atoms with Gasteiger partial charge in [0.1, 0.15) is 11.9 Å². The van der Waals surface area contributed by atoms with Crippen molar-refractivity contribution in [3.63, 3.8) is 0 Å². The number of aliphatic hydroxyl groups is 1. The summed E-state index contributed by atoms with van der Waals surface area (Å²) in [4.78, 5) is 0.942. The number of hydrogen-bond donors (Lipinski definition) is 1. The van der Waals surface area contributed by atoms with Crippen LogP contribution in [0.25, 0.3) is 10.1 Å². The summed E-state index contributed by atoms with van der Waals surface area (Å²) in [7, 11) is 1.63. The number of ether oxygens (including phenoxy) is 1. The molecule has 2 aromatic carbocycles. The zero-order valence-electron chi connectivity index (χ0n) is 10.8. The third kappa shape index (κ3) is 2.46. The third-order valence-corrected chi connectivity index (χ3v) is 5.07. The number of rotatable bonds is 3. The van der Waals surface area contributed by atoms with E-state index in [2.05, 4.69) is 28.1 Å². The van der Waals surface area contributed by atoms with Gasteiger partial charge in [0, 0.05) is 19.6 Å². The van der Waals surface area contributed by atoms with E-state index in [-0.39, 0.29) is 0 Å². The fraction of sp³-hybridized carbons (Fsp3) is 0.125. The summed E-state index contributed by atoms with van der Waals surface area (Å²) in [6.45, 7) is 0. The maximum Gasteiger partial charge on any atom is 0.120 e. The van der Waals surface area contributed by atoms with Gasteiger partial charge in [0.25, 0.3) is 0 Å². The first-order valence-electron chi connectivity index (χ1n) is 6.19. The molecule has 4 heteroatoms. The first kappa shape index (κ1) is 13.6. The van der Waals surface area contributed by atoms with Gasteiger partial charge in [-0.2, -0.15) is 0 Å². The largest absolute Gasteiger partial charge is 0.497 e. The van der Waals surface area contributed by atoms with Crippen molar-refractivity contribution in [2.45, 2.75) is 6.10 Å². The minimum atomic E-state index is -0.632. The van der Waals surface area contributed by atoms with Crippen LogP contribution in [0.1, 0.15) is 16.5 Å². The lowest BCUT2D eigenvalue weighted by Crippen LogP contribution is -1.98. The Bertz CT molecular complexity index is 718. The molecule has 1 N–H and O–H groups in total. The molecule has 1 heterocycles. The Hall–Kier alpha value is -1.36. The van der Waals surface area contributed by atoms with E-state index >= 15 is 0 Å². The molecule has 0 radical (unpaired) electrons. The molecule has 3 rings (SSSR count). The lowest BCUT2D eigenvalue weighted by atomic mass is 10.1. The van der Waals surface area contributed by atoms with Crippen LogP contribution in [0, 0.1) is 0 Å². The molecule has 0 saturated carbocycles. The van der Waals surface area contributed by atoms with Crippen LogP contribution in [0.5, 0.6) is 5.75 Å². The van der Waals surface area contributed by atoms with Gasteiger partial charge >= 0.3 is 0 Å². The van der Waals surface area contributed by atoms with Crippen LogP contribution in [0.15, 0.2) is 53.0 Å².